The summed E-state index contributed by atoms with van der Waals surface area (Å²) in [5, 5.41) is 6.76. The van der Waals surface area contributed by atoms with E-state index in [4.69, 9.17) is 5.41 Å². The standard InChI is InChI=1S/C6H8F3NO/c1-2-11-5(10)3-4-6(7,8)9/h3-4,10H,2H2,1H3/b4-3+,10-5?. The molecule has 0 rings (SSSR count). The molecule has 0 aliphatic rings. The molecule has 5 heteroatoms. The lowest BCUT2D eigenvalue weighted by atomic mass is 10.5. The lowest BCUT2D eigenvalue weighted by Gasteiger charge is -1.99. The smallest absolute Gasteiger partial charge is 0.409 e. The second-order valence-corrected chi connectivity index (χ2v) is 1.67. The van der Waals surface area contributed by atoms with E-state index in [1.54, 1.807) is 6.92 Å². The zero-order chi connectivity index (χ0) is 8.91. The maximum absolute atomic E-state index is 11.4. The molecule has 0 amide bonds. The largest absolute Gasteiger partial charge is 0.478 e. The van der Waals surface area contributed by atoms with E-state index in [1.807, 2.05) is 0 Å². The van der Waals surface area contributed by atoms with Crippen molar-refractivity contribution in [3.05, 3.63) is 12.2 Å². The topological polar surface area (TPSA) is 33.1 Å². The number of nitrogens with one attached hydrogen (secondary N) is 1. The van der Waals surface area contributed by atoms with Crippen LogP contribution in [0.3, 0.4) is 0 Å². The molecule has 0 spiro atoms. The lowest BCUT2D eigenvalue weighted by molar-refractivity contribution is -0.0798. The minimum atomic E-state index is -4.37. The third-order valence-corrected chi connectivity index (χ3v) is 0.724. The van der Waals surface area contributed by atoms with Crippen LogP contribution in [0.5, 0.6) is 0 Å². The first-order chi connectivity index (χ1) is 4.95. The first kappa shape index (κ1) is 10.0. The summed E-state index contributed by atoms with van der Waals surface area (Å²) in [6, 6.07) is 0. The van der Waals surface area contributed by atoms with Gasteiger partial charge in [0.05, 0.1) is 6.61 Å². The molecule has 0 fully saturated rings. The first-order valence-electron chi connectivity index (χ1n) is 2.93. The van der Waals surface area contributed by atoms with E-state index in [2.05, 4.69) is 4.74 Å². The summed E-state index contributed by atoms with van der Waals surface area (Å²) in [6.07, 6.45) is -3.84. The van der Waals surface area contributed by atoms with Crippen molar-refractivity contribution in [1.82, 2.24) is 0 Å². The molecule has 0 saturated carbocycles. The van der Waals surface area contributed by atoms with Crippen LogP contribution in [0.2, 0.25) is 0 Å². The predicted octanol–water partition coefficient (Wildman–Crippen LogP) is 2.12. The van der Waals surface area contributed by atoms with Gasteiger partial charge in [0.1, 0.15) is 0 Å². The molecule has 1 N–H and O–H groups in total. The fourth-order valence-electron chi connectivity index (χ4n) is 0.374. The van der Waals surface area contributed by atoms with Gasteiger partial charge in [-0.1, -0.05) is 0 Å². The number of hydrogen-bond donors (Lipinski definition) is 1. The van der Waals surface area contributed by atoms with Gasteiger partial charge in [-0.05, 0) is 6.92 Å². The summed E-state index contributed by atoms with van der Waals surface area (Å²) in [5.74, 6) is -0.482. The molecule has 0 aliphatic heterocycles. The number of ether oxygens (including phenoxy) is 1. The van der Waals surface area contributed by atoms with Crippen LogP contribution in [0.1, 0.15) is 6.92 Å². The Balaban J connectivity index is 3.83. The highest BCUT2D eigenvalue weighted by Gasteiger charge is 2.22. The van der Waals surface area contributed by atoms with Gasteiger partial charge >= 0.3 is 6.18 Å². The highest BCUT2D eigenvalue weighted by atomic mass is 19.4. The molecule has 64 valence electrons. The minimum absolute atomic E-state index is 0.0367. The average molecular weight is 167 g/mol. The van der Waals surface area contributed by atoms with Crippen LogP contribution in [0.15, 0.2) is 12.2 Å². The molecule has 0 heterocycles. The van der Waals surface area contributed by atoms with Gasteiger partial charge in [0.2, 0.25) is 5.90 Å². The van der Waals surface area contributed by atoms with Crippen LogP contribution in [0, 0.1) is 5.41 Å². The number of rotatable bonds is 2. The molecule has 2 nitrogen and oxygen atoms in total. The van der Waals surface area contributed by atoms with Crippen molar-refractivity contribution in [2.24, 2.45) is 0 Å². The Morgan fingerprint density at radius 2 is 2.09 bits per heavy atom. The predicted molar refractivity (Wildman–Crippen MR) is 34.5 cm³/mol. The average Bonchev–Trinajstić information content (AvgIpc) is 1.83. The van der Waals surface area contributed by atoms with Gasteiger partial charge in [-0.2, -0.15) is 13.2 Å². The minimum Gasteiger partial charge on any atom is -0.478 e. The zero-order valence-electron chi connectivity index (χ0n) is 5.90. The van der Waals surface area contributed by atoms with Gasteiger partial charge in [-0.25, -0.2) is 0 Å². The van der Waals surface area contributed by atoms with Gasteiger partial charge < -0.3 is 4.74 Å². The molecular weight excluding hydrogens is 159 g/mol. The Bertz CT molecular complexity index is 162. The molecule has 0 aromatic heterocycles. The lowest BCUT2D eigenvalue weighted by Crippen LogP contribution is -2.04. The van der Waals surface area contributed by atoms with Gasteiger partial charge in [-0.3, -0.25) is 5.41 Å². The summed E-state index contributed by atoms with van der Waals surface area (Å²) in [6.45, 7) is 1.79. The van der Waals surface area contributed by atoms with Gasteiger partial charge in [0, 0.05) is 12.2 Å². The van der Waals surface area contributed by atoms with E-state index in [0.29, 0.717) is 6.08 Å². The van der Waals surface area contributed by atoms with E-state index in [9.17, 15) is 13.2 Å². The Hall–Kier alpha value is -1.00. The van der Waals surface area contributed by atoms with Crippen molar-refractivity contribution >= 4 is 5.90 Å². The fraction of sp³-hybridized carbons (Fsp3) is 0.500. The maximum Gasteiger partial charge on any atom is 0.409 e. The molecule has 0 aliphatic carbocycles. The van der Waals surface area contributed by atoms with Crippen LogP contribution in [-0.2, 0) is 4.74 Å². The van der Waals surface area contributed by atoms with Crippen molar-refractivity contribution in [1.29, 1.82) is 5.41 Å². The third kappa shape index (κ3) is 6.89. The Kier molecular flexibility index (Phi) is 3.64. The second kappa shape index (κ2) is 4.00. The number of alkyl halides is 3. The van der Waals surface area contributed by atoms with Crippen LogP contribution in [-0.4, -0.2) is 18.7 Å². The number of allylic oxidation sites excluding steroid dienone is 1. The van der Waals surface area contributed by atoms with Crippen molar-refractivity contribution in [2.45, 2.75) is 13.1 Å². The summed E-state index contributed by atoms with van der Waals surface area (Å²) in [7, 11) is 0. The molecule has 0 unspecified atom stereocenters. The van der Waals surface area contributed by atoms with Crippen LogP contribution in [0.4, 0.5) is 13.2 Å². The molecule has 0 bridgehead atoms. The maximum atomic E-state index is 11.4. The van der Waals surface area contributed by atoms with E-state index >= 15 is 0 Å². The van der Waals surface area contributed by atoms with Gasteiger partial charge in [0.15, 0.2) is 0 Å². The van der Waals surface area contributed by atoms with Crippen LogP contribution >= 0.6 is 0 Å². The summed E-state index contributed by atoms with van der Waals surface area (Å²) >= 11 is 0. The normalized spacial score (nSPS) is 12.0. The molecule has 11 heavy (non-hydrogen) atoms. The summed E-state index contributed by atoms with van der Waals surface area (Å²) in [5.41, 5.74) is 0. The molecule has 0 radical (unpaired) electrons. The third-order valence-electron chi connectivity index (χ3n) is 0.724. The number of halogens is 3. The van der Waals surface area contributed by atoms with Crippen LogP contribution in [0.25, 0.3) is 0 Å². The number of hydrogen-bond acceptors (Lipinski definition) is 2. The Labute approximate surface area is 62.2 Å². The van der Waals surface area contributed by atoms with Crippen molar-refractivity contribution < 1.29 is 17.9 Å². The van der Waals surface area contributed by atoms with Crippen molar-refractivity contribution in [2.75, 3.05) is 6.61 Å². The quantitative estimate of drug-likeness (QED) is 0.496. The van der Waals surface area contributed by atoms with Crippen LogP contribution < -0.4 is 0 Å². The van der Waals surface area contributed by atoms with E-state index in [0.717, 1.165) is 0 Å². The Morgan fingerprint density at radius 1 is 1.55 bits per heavy atom. The molecule has 0 saturated heterocycles. The monoisotopic (exact) mass is 167 g/mol. The highest BCUT2D eigenvalue weighted by molar-refractivity contribution is 5.84. The van der Waals surface area contributed by atoms with Crippen molar-refractivity contribution in [3.63, 3.8) is 0 Å². The van der Waals surface area contributed by atoms with E-state index in [1.165, 1.54) is 0 Å². The fourth-order valence-corrected chi connectivity index (χ4v) is 0.374. The van der Waals surface area contributed by atoms with E-state index < -0.39 is 12.1 Å². The van der Waals surface area contributed by atoms with Crippen molar-refractivity contribution in [3.8, 4) is 0 Å². The van der Waals surface area contributed by atoms with E-state index in [-0.39, 0.29) is 12.7 Å². The van der Waals surface area contributed by atoms with Gasteiger partial charge in [-0.15, -0.1) is 0 Å². The molecule has 0 aromatic rings. The molecule has 0 aromatic carbocycles. The first-order valence-corrected chi connectivity index (χ1v) is 2.93. The Morgan fingerprint density at radius 3 is 2.45 bits per heavy atom. The van der Waals surface area contributed by atoms with Gasteiger partial charge in [0.25, 0.3) is 0 Å². The molecule has 0 atom stereocenters. The zero-order valence-corrected chi connectivity index (χ0v) is 5.90. The summed E-state index contributed by atoms with van der Waals surface area (Å²) < 4.78 is 38.7. The second-order valence-electron chi connectivity index (χ2n) is 1.67. The SMILES string of the molecule is CCOC(=N)/C=C/C(F)(F)F. The highest BCUT2D eigenvalue weighted by Crippen LogP contribution is 2.15. The molecular formula is C6H8F3NO. The summed E-state index contributed by atoms with van der Waals surface area (Å²) in [4.78, 5) is 0.